The molecule has 1 aromatic heterocycles. The predicted molar refractivity (Wildman–Crippen MR) is 75.7 cm³/mol. The van der Waals surface area contributed by atoms with Gasteiger partial charge in [-0.3, -0.25) is 9.48 Å². The molecule has 0 N–H and O–H groups in total. The molecule has 3 rings (SSSR count). The van der Waals surface area contributed by atoms with Crippen LogP contribution in [0, 0.1) is 6.92 Å². The van der Waals surface area contributed by atoms with E-state index in [1.165, 1.54) is 0 Å². The van der Waals surface area contributed by atoms with Gasteiger partial charge in [0.1, 0.15) is 0 Å². The van der Waals surface area contributed by atoms with Crippen molar-refractivity contribution in [3.8, 4) is 11.3 Å². The monoisotopic (exact) mass is 274 g/mol. The highest BCUT2D eigenvalue weighted by Gasteiger charge is 2.27. The largest absolute Gasteiger partial charge is 0.294 e. The number of fused-ring (bicyclic) bond motifs is 1. The van der Waals surface area contributed by atoms with Crippen LogP contribution in [-0.4, -0.2) is 15.6 Å². The number of Topliss-reactive ketones (excluding diaryl/α,β-unsaturated/α-hetero) is 1. The second-order valence-corrected chi connectivity index (χ2v) is 5.46. The van der Waals surface area contributed by atoms with Crippen molar-refractivity contribution >= 4 is 17.4 Å². The summed E-state index contributed by atoms with van der Waals surface area (Å²) in [5.74, 6) is 0.182. The lowest BCUT2D eigenvalue weighted by molar-refractivity contribution is 0.0973. The Hall–Kier alpha value is -1.61. The molecule has 1 aliphatic carbocycles. The number of hydrogen-bond acceptors (Lipinski definition) is 2. The minimum Gasteiger partial charge on any atom is -0.294 e. The molecule has 1 aliphatic rings. The maximum atomic E-state index is 12.2. The number of nitrogens with zero attached hydrogens (tertiary/aromatic N) is 2. The average molecular weight is 275 g/mol. The Bertz CT molecular complexity index is 673. The molecule has 0 atom stereocenters. The van der Waals surface area contributed by atoms with Crippen LogP contribution in [0.5, 0.6) is 0 Å². The molecule has 0 amide bonds. The van der Waals surface area contributed by atoms with Gasteiger partial charge in [0.05, 0.1) is 17.0 Å². The Labute approximate surface area is 117 Å². The second kappa shape index (κ2) is 4.49. The van der Waals surface area contributed by atoms with Gasteiger partial charge in [0.25, 0.3) is 0 Å². The number of hydrogen-bond donors (Lipinski definition) is 0. The Morgan fingerprint density at radius 1 is 1.32 bits per heavy atom. The third-order valence-corrected chi connectivity index (χ3v) is 3.92. The fraction of sp³-hybridized carbons (Fsp3) is 0.333. The van der Waals surface area contributed by atoms with Gasteiger partial charge in [0, 0.05) is 24.1 Å². The first-order valence-corrected chi connectivity index (χ1v) is 6.81. The van der Waals surface area contributed by atoms with Crippen LogP contribution in [0.1, 0.15) is 34.5 Å². The number of aryl methyl sites for hydroxylation is 3. The van der Waals surface area contributed by atoms with Crippen LogP contribution in [0.15, 0.2) is 18.2 Å². The van der Waals surface area contributed by atoms with E-state index in [4.69, 9.17) is 11.6 Å². The zero-order chi connectivity index (χ0) is 13.6. The van der Waals surface area contributed by atoms with Crippen LogP contribution in [0.4, 0.5) is 0 Å². The molecule has 1 aromatic carbocycles. The highest BCUT2D eigenvalue weighted by Crippen LogP contribution is 2.35. The molecule has 2 aromatic rings. The zero-order valence-electron chi connectivity index (χ0n) is 11.0. The van der Waals surface area contributed by atoms with E-state index >= 15 is 0 Å². The lowest BCUT2D eigenvalue weighted by atomic mass is 9.92. The van der Waals surface area contributed by atoms with Gasteiger partial charge in [-0.1, -0.05) is 23.2 Å². The standard InChI is InChI=1S/C15H15ClN2O/c1-9-6-7-11(16)10(8-9)15-14-12(17-18(15)2)4-3-5-13(14)19/h6-8H,3-5H2,1-2H3. The summed E-state index contributed by atoms with van der Waals surface area (Å²) in [6.45, 7) is 2.02. The normalized spacial score (nSPS) is 14.6. The van der Waals surface area contributed by atoms with Crippen molar-refractivity contribution < 1.29 is 4.79 Å². The maximum Gasteiger partial charge on any atom is 0.166 e. The van der Waals surface area contributed by atoms with Crippen LogP contribution in [-0.2, 0) is 13.5 Å². The summed E-state index contributed by atoms with van der Waals surface area (Å²) >= 11 is 6.30. The van der Waals surface area contributed by atoms with Crippen LogP contribution < -0.4 is 0 Å². The summed E-state index contributed by atoms with van der Waals surface area (Å²) in [7, 11) is 1.87. The number of halogens is 1. The van der Waals surface area contributed by atoms with E-state index in [1.807, 2.05) is 32.2 Å². The Morgan fingerprint density at radius 3 is 2.89 bits per heavy atom. The van der Waals surface area contributed by atoms with Crippen molar-refractivity contribution in [2.24, 2.45) is 7.05 Å². The third kappa shape index (κ3) is 1.98. The maximum absolute atomic E-state index is 12.2. The molecule has 0 radical (unpaired) electrons. The van der Waals surface area contributed by atoms with E-state index in [1.54, 1.807) is 4.68 Å². The second-order valence-electron chi connectivity index (χ2n) is 5.05. The van der Waals surface area contributed by atoms with Crippen molar-refractivity contribution in [3.05, 3.63) is 40.0 Å². The van der Waals surface area contributed by atoms with Gasteiger partial charge in [0.2, 0.25) is 0 Å². The van der Waals surface area contributed by atoms with E-state index in [2.05, 4.69) is 5.10 Å². The Kier molecular flexibility index (Phi) is 2.94. The average Bonchev–Trinajstić information content (AvgIpc) is 2.70. The fourth-order valence-corrected chi connectivity index (χ4v) is 2.93. The van der Waals surface area contributed by atoms with E-state index in [0.717, 1.165) is 40.9 Å². The number of benzene rings is 1. The van der Waals surface area contributed by atoms with Gasteiger partial charge in [-0.05, 0) is 31.9 Å². The summed E-state index contributed by atoms with van der Waals surface area (Å²) in [5, 5.41) is 5.15. The molecule has 3 nitrogen and oxygen atoms in total. The number of carbonyl (C=O) groups excluding carboxylic acids is 1. The number of ketones is 1. The van der Waals surface area contributed by atoms with Crippen molar-refractivity contribution in [1.29, 1.82) is 0 Å². The number of aromatic nitrogens is 2. The lowest BCUT2D eigenvalue weighted by Gasteiger charge is -2.12. The van der Waals surface area contributed by atoms with Crippen molar-refractivity contribution in [2.45, 2.75) is 26.2 Å². The highest BCUT2D eigenvalue weighted by molar-refractivity contribution is 6.33. The zero-order valence-corrected chi connectivity index (χ0v) is 11.8. The molecule has 19 heavy (non-hydrogen) atoms. The summed E-state index contributed by atoms with van der Waals surface area (Å²) in [6.07, 6.45) is 2.37. The quantitative estimate of drug-likeness (QED) is 0.797. The van der Waals surface area contributed by atoms with Gasteiger partial charge in [-0.2, -0.15) is 5.10 Å². The molecule has 0 saturated heterocycles. The van der Waals surface area contributed by atoms with Crippen molar-refractivity contribution in [2.75, 3.05) is 0 Å². The summed E-state index contributed by atoms with van der Waals surface area (Å²) in [5.41, 5.74) is 4.55. The van der Waals surface area contributed by atoms with Gasteiger partial charge in [-0.25, -0.2) is 0 Å². The SMILES string of the molecule is Cc1ccc(Cl)c(-c2c3c(nn2C)CCCC3=O)c1. The first-order valence-electron chi connectivity index (χ1n) is 6.43. The van der Waals surface area contributed by atoms with Crippen LogP contribution in [0.2, 0.25) is 5.02 Å². The molecule has 4 heteroatoms. The van der Waals surface area contributed by atoms with Gasteiger partial charge in [-0.15, -0.1) is 0 Å². The van der Waals surface area contributed by atoms with Gasteiger partial charge >= 0.3 is 0 Å². The third-order valence-electron chi connectivity index (χ3n) is 3.59. The Morgan fingerprint density at radius 2 is 2.11 bits per heavy atom. The van der Waals surface area contributed by atoms with Gasteiger partial charge in [0.15, 0.2) is 5.78 Å². The number of rotatable bonds is 1. The topological polar surface area (TPSA) is 34.9 Å². The summed E-state index contributed by atoms with van der Waals surface area (Å²) < 4.78 is 1.79. The Balaban J connectivity index is 2.28. The minimum absolute atomic E-state index is 0.182. The van der Waals surface area contributed by atoms with E-state index in [9.17, 15) is 4.79 Å². The molecule has 0 saturated carbocycles. The molecule has 0 spiro atoms. The van der Waals surface area contributed by atoms with Gasteiger partial charge < -0.3 is 0 Å². The van der Waals surface area contributed by atoms with Crippen LogP contribution >= 0.6 is 11.6 Å². The predicted octanol–water partition coefficient (Wildman–Crippen LogP) is 3.57. The molecule has 98 valence electrons. The lowest BCUT2D eigenvalue weighted by Crippen LogP contribution is -2.10. The van der Waals surface area contributed by atoms with Crippen LogP contribution in [0.3, 0.4) is 0 Å². The fourth-order valence-electron chi connectivity index (χ4n) is 2.72. The van der Waals surface area contributed by atoms with E-state index in [0.29, 0.717) is 11.4 Å². The first kappa shape index (κ1) is 12.4. The molecular weight excluding hydrogens is 260 g/mol. The number of carbonyl (C=O) groups is 1. The molecule has 0 bridgehead atoms. The van der Waals surface area contributed by atoms with Crippen molar-refractivity contribution in [1.82, 2.24) is 9.78 Å². The summed E-state index contributed by atoms with van der Waals surface area (Å²) in [4.78, 5) is 12.2. The smallest absolute Gasteiger partial charge is 0.166 e. The van der Waals surface area contributed by atoms with Crippen LogP contribution in [0.25, 0.3) is 11.3 Å². The van der Waals surface area contributed by atoms with Crippen molar-refractivity contribution in [3.63, 3.8) is 0 Å². The first-order chi connectivity index (χ1) is 9.08. The molecular formula is C15H15ClN2O. The molecule has 0 aliphatic heterocycles. The highest BCUT2D eigenvalue weighted by atomic mass is 35.5. The molecule has 0 unspecified atom stereocenters. The van der Waals surface area contributed by atoms with E-state index in [-0.39, 0.29) is 5.78 Å². The molecule has 0 fully saturated rings. The molecule has 1 heterocycles. The summed E-state index contributed by atoms with van der Waals surface area (Å²) in [6, 6.07) is 5.86. The minimum atomic E-state index is 0.182. The van der Waals surface area contributed by atoms with E-state index < -0.39 is 0 Å².